The first kappa shape index (κ1) is 17.7. The average Bonchev–Trinajstić information content (AvgIpc) is 2.56. The van der Waals surface area contributed by atoms with Gasteiger partial charge in [0.1, 0.15) is 12.9 Å². The molecule has 0 aliphatic rings. The standard InChI is InChI=1S/C16H21NO5/c1-21-15(19)10-6-5-9-14(11-18)17-16(20)22-12-13-7-3-2-4-8-13/h2-4,7-8,11,14H,5-6,9-10,12H2,1H3,(H,17,20). The monoisotopic (exact) mass is 307 g/mol. The van der Waals surface area contributed by atoms with Gasteiger partial charge in [-0.25, -0.2) is 4.79 Å². The molecule has 22 heavy (non-hydrogen) atoms. The summed E-state index contributed by atoms with van der Waals surface area (Å²) < 4.78 is 9.56. The molecule has 6 heteroatoms. The number of aldehydes is 1. The van der Waals surface area contributed by atoms with Crippen LogP contribution in [0.5, 0.6) is 0 Å². The maximum atomic E-state index is 11.6. The molecule has 0 radical (unpaired) electrons. The van der Waals surface area contributed by atoms with Crippen LogP contribution in [0.25, 0.3) is 0 Å². The second kappa shape index (κ2) is 10.4. The number of benzene rings is 1. The van der Waals surface area contributed by atoms with Crippen molar-refractivity contribution in [3.63, 3.8) is 0 Å². The molecule has 1 aromatic carbocycles. The molecule has 1 atom stereocenters. The molecule has 0 bridgehead atoms. The largest absolute Gasteiger partial charge is 0.469 e. The fourth-order valence-electron chi connectivity index (χ4n) is 1.83. The fraction of sp³-hybridized carbons (Fsp3) is 0.438. The zero-order valence-corrected chi connectivity index (χ0v) is 12.6. The molecular formula is C16H21NO5. The summed E-state index contributed by atoms with van der Waals surface area (Å²) in [5.41, 5.74) is 0.874. The van der Waals surface area contributed by atoms with E-state index in [-0.39, 0.29) is 12.6 Å². The Balaban J connectivity index is 2.22. The summed E-state index contributed by atoms with van der Waals surface area (Å²) >= 11 is 0. The quantitative estimate of drug-likeness (QED) is 0.430. The minimum absolute atomic E-state index is 0.153. The number of ether oxygens (including phenoxy) is 2. The highest BCUT2D eigenvalue weighted by atomic mass is 16.5. The Hall–Kier alpha value is -2.37. The van der Waals surface area contributed by atoms with Gasteiger partial charge in [0.2, 0.25) is 0 Å². The third-order valence-corrected chi connectivity index (χ3v) is 3.05. The third-order valence-electron chi connectivity index (χ3n) is 3.05. The van der Waals surface area contributed by atoms with E-state index in [9.17, 15) is 14.4 Å². The Kier molecular flexibility index (Phi) is 8.33. The molecule has 0 aromatic heterocycles. The topological polar surface area (TPSA) is 81.7 Å². The Morgan fingerprint density at radius 2 is 1.95 bits per heavy atom. The number of carbonyl (C=O) groups is 3. The van der Waals surface area contributed by atoms with Gasteiger partial charge in [0.05, 0.1) is 13.2 Å². The van der Waals surface area contributed by atoms with Crippen LogP contribution in [-0.2, 0) is 25.7 Å². The lowest BCUT2D eigenvalue weighted by Crippen LogP contribution is -2.36. The molecule has 1 rings (SSSR count). The molecule has 0 heterocycles. The van der Waals surface area contributed by atoms with Crippen LogP contribution in [0.1, 0.15) is 31.2 Å². The van der Waals surface area contributed by atoms with Crippen molar-refractivity contribution >= 4 is 18.3 Å². The normalized spacial score (nSPS) is 11.3. The molecule has 0 fully saturated rings. The van der Waals surface area contributed by atoms with Crippen molar-refractivity contribution in [2.24, 2.45) is 0 Å². The van der Waals surface area contributed by atoms with E-state index >= 15 is 0 Å². The van der Waals surface area contributed by atoms with Gasteiger partial charge < -0.3 is 19.6 Å². The molecule has 0 saturated carbocycles. The second-order valence-corrected chi connectivity index (χ2v) is 4.77. The highest BCUT2D eigenvalue weighted by Gasteiger charge is 2.12. The number of nitrogens with one attached hydrogen (secondary N) is 1. The number of esters is 1. The third kappa shape index (κ3) is 7.42. The molecule has 0 spiro atoms. The van der Waals surface area contributed by atoms with Crippen LogP contribution in [0.4, 0.5) is 4.79 Å². The van der Waals surface area contributed by atoms with Crippen LogP contribution < -0.4 is 5.32 Å². The van der Waals surface area contributed by atoms with E-state index < -0.39 is 12.1 Å². The van der Waals surface area contributed by atoms with Crippen molar-refractivity contribution in [1.29, 1.82) is 0 Å². The first-order valence-electron chi connectivity index (χ1n) is 7.15. The average molecular weight is 307 g/mol. The van der Waals surface area contributed by atoms with E-state index in [0.29, 0.717) is 32.0 Å². The zero-order valence-electron chi connectivity index (χ0n) is 12.6. The van der Waals surface area contributed by atoms with Crippen molar-refractivity contribution in [3.05, 3.63) is 35.9 Å². The van der Waals surface area contributed by atoms with Gasteiger partial charge in [-0.2, -0.15) is 0 Å². The van der Waals surface area contributed by atoms with Gasteiger partial charge >= 0.3 is 12.1 Å². The number of rotatable bonds is 9. The predicted octanol–water partition coefficient (Wildman–Crippen LogP) is 2.21. The van der Waals surface area contributed by atoms with E-state index in [1.165, 1.54) is 7.11 Å². The second-order valence-electron chi connectivity index (χ2n) is 4.77. The van der Waals surface area contributed by atoms with Gasteiger partial charge in [-0.3, -0.25) is 4.79 Å². The van der Waals surface area contributed by atoms with E-state index in [1.54, 1.807) is 0 Å². The molecule has 1 aromatic rings. The molecule has 0 aliphatic heterocycles. The maximum Gasteiger partial charge on any atom is 0.408 e. The summed E-state index contributed by atoms with van der Waals surface area (Å²) in [6.07, 6.45) is 2.05. The number of alkyl carbamates (subject to hydrolysis) is 1. The van der Waals surface area contributed by atoms with Crippen LogP contribution in [0.3, 0.4) is 0 Å². The summed E-state index contributed by atoms with van der Waals surface area (Å²) in [5.74, 6) is -0.280. The smallest absolute Gasteiger partial charge is 0.408 e. The van der Waals surface area contributed by atoms with Crippen LogP contribution in [0.2, 0.25) is 0 Å². The minimum atomic E-state index is -0.631. The minimum Gasteiger partial charge on any atom is -0.469 e. The SMILES string of the molecule is COC(=O)CCCCC(C=O)NC(=O)OCc1ccccc1. The maximum absolute atomic E-state index is 11.6. The summed E-state index contributed by atoms with van der Waals surface area (Å²) in [5, 5.41) is 2.49. The lowest BCUT2D eigenvalue weighted by atomic mass is 10.1. The van der Waals surface area contributed by atoms with E-state index in [1.807, 2.05) is 30.3 Å². The summed E-state index contributed by atoms with van der Waals surface area (Å²) in [7, 11) is 1.33. The molecule has 6 nitrogen and oxygen atoms in total. The number of carbonyl (C=O) groups excluding carboxylic acids is 3. The van der Waals surface area contributed by atoms with Crippen LogP contribution in [0, 0.1) is 0 Å². The Bertz CT molecular complexity index is 475. The van der Waals surface area contributed by atoms with Crippen LogP contribution >= 0.6 is 0 Å². The van der Waals surface area contributed by atoms with Gasteiger partial charge in [-0.1, -0.05) is 36.8 Å². The van der Waals surface area contributed by atoms with E-state index in [4.69, 9.17) is 4.74 Å². The van der Waals surface area contributed by atoms with Crippen molar-refractivity contribution in [3.8, 4) is 0 Å². The summed E-state index contributed by atoms with van der Waals surface area (Å²) in [6, 6.07) is 8.66. The molecule has 120 valence electrons. The summed E-state index contributed by atoms with van der Waals surface area (Å²) in [6.45, 7) is 0.153. The molecule has 1 amide bonds. The molecular weight excluding hydrogens is 286 g/mol. The predicted molar refractivity (Wildman–Crippen MR) is 80.1 cm³/mol. The Morgan fingerprint density at radius 3 is 2.59 bits per heavy atom. The van der Waals surface area contributed by atoms with E-state index in [2.05, 4.69) is 10.1 Å². The lowest BCUT2D eigenvalue weighted by Gasteiger charge is -2.12. The number of amides is 1. The van der Waals surface area contributed by atoms with Gasteiger partial charge in [0.15, 0.2) is 0 Å². The molecule has 1 unspecified atom stereocenters. The van der Waals surface area contributed by atoms with E-state index in [0.717, 1.165) is 5.56 Å². The highest BCUT2D eigenvalue weighted by molar-refractivity contribution is 5.73. The van der Waals surface area contributed by atoms with Crippen molar-refractivity contribution < 1.29 is 23.9 Å². The fourth-order valence-corrected chi connectivity index (χ4v) is 1.83. The van der Waals surface area contributed by atoms with Gasteiger partial charge in [-0.05, 0) is 18.4 Å². The van der Waals surface area contributed by atoms with Crippen LogP contribution in [0.15, 0.2) is 30.3 Å². The van der Waals surface area contributed by atoms with Crippen molar-refractivity contribution in [1.82, 2.24) is 5.32 Å². The molecule has 0 saturated heterocycles. The van der Waals surface area contributed by atoms with Gasteiger partial charge in [0, 0.05) is 6.42 Å². The molecule has 0 aliphatic carbocycles. The van der Waals surface area contributed by atoms with Crippen LogP contribution in [-0.4, -0.2) is 31.5 Å². The van der Waals surface area contributed by atoms with Crippen molar-refractivity contribution in [2.75, 3.05) is 7.11 Å². The lowest BCUT2D eigenvalue weighted by molar-refractivity contribution is -0.140. The Morgan fingerprint density at radius 1 is 1.23 bits per heavy atom. The Labute approximate surface area is 129 Å². The van der Waals surface area contributed by atoms with Crippen molar-refractivity contribution in [2.45, 2.75) is 38.3 Å². The first-order chi connectivity index (χ1) is 10.7. The van der Waals surface area contributed by atoms with Gasteiger partial charge in [0.25, 0.3) is 0 Å². The highest BCUT2D eigenvalue weighted by Crippen LogP contribution is 2.05. The summed E-state index contributed by atoms with van der Waals surface area (Å²) in [4.78, 5) is 33.5. The molecule has 1 N–H and O–H groups in total. The number of methoxy groups -OCH3 is 1. The number of hydrogen-bond acceptors (Lipinski definition) is 5. The zero-order chi connectivity index (χ0) is 16.2. The first-order valence-corrected chi connectivity index (χ1v) is 7.15. The van der Waals surface area contributed by atoms with Gasteiger partial charge in [-0.15, -0.1) is 0 Å². The number of hydrogen-bond donors (Lipinski definition) is 1. The number of unbranched alkanes of at least 4 members (excludes halogenated alkanes) is 1.